The van der Waals surface area contributed by atoms with Gasteiger partial charge in [0.1, 0.15) is 11.8 Å². The fraction of sp³-hybridized carbons (Fsp3) is 0.633. The van der Waals surface area contributed by atoms with Crippen LogP contribution in [-0.2, 0) is 35.1 Å². The molecule has 0 bridgehead atoms. The predicted octanol–water partition coefficient (Wildman–Crippen LogP) is 2.29. The van der Waals surface area contributed by atoms with E-state index in [0.717, 1.165) is 24.8 Å². The molecule has 0 spiro atoms. The summed E-state index contributed by atoms with van der Waals surface area (Å²) in [6, 6.07) is 5.39. The van der Waals surface area contributed by atoms with Gasteiger partial charge < -0.3 is 30.7 Å². The third-order valence-corrected chi connectivity index (χ3v) is 6.47. The van der Waals surface area contributed by atoms with Crippen molar-refractivity contribution in [2.75, 3.05) is 26.8 Å². The van der Waals surface area contributed by atoms with Crippen LogP contribution in [-0.4, -0.2) is 79.3 Å². The number of ether oxygens (including phenoxy) is 2. The van der Waals surface area contributed by atoms with E-state index < -0.39 is 35.6 Å². The van der Waals surface area contributed by atoms with Gasteiger partial charge in [-0.25, -0.2) is 0 Å². The molecule has 230 valence electrons. The maximum Gasteiger partial charge on any atom is 0.287 e. The third kappa shape index (κ3) is 13.2. The number of benzene rings is 1. The molecule has 0 aliphatic carbocycles. The molecule has 41 heavy (non-hydrogen) atoms. The van der Waals surface area contributed by atoms with Crippen molar-refractivity contribution in [2.24, 2.45) is 5.73 Å². The van der Waals surface area contributed by atoms with E-state index in [9.17, 15) is 24.0 Å². The van der Waals surface area contributed by atoms with Crippen molar-refractivity contribution < 1.29 is 33.4 Å². The maximum absolute atomic E-state index is 13.0. The first-order chi connectivity index (χ1) is 19.6. The van der Waals surface area contributed by atoms with E-state index >= 15 is 0 Å². The minimum absolute atomic E-state index is 0.0663. The Balaban J connectivity index is 0.00000268. The molecule has 11 nitrogen and oxygen atoms in total. The van der Waals surface area contributed by atoms with Crippen molar-refractivity contribution in [1.29, 1.82) is 0 Å². The number of primary amides is 1. The number of nitrogens with two attached hydrogens (primary N) is 1. The summed E-state index contributed by atoms with van der Waals surface area (Å²) in [4.78, 5) is 63.2. The van der Waals surface area contributed by atoms with E-state index in [1.807, 2.05) is 19.9 Å². The van der Waals surface area contributed by atoms with Gasteiger partial charge in [0.2, 0.25) is 23.5 Å². The number of Topliss-reactive ketones (excluding diaryl/α,β-unsaturated/α-hetero) is 1. The Bertz CT molecular complexity index is 1000. The van der Waals surface area contributed by atoms with E-state index in [2.05, 4.69) is 24.5 Å². The van der Waals surface area contributed by atoms with Crippen LogP contribution >= 0.6 is 0 Å². The summed E-state index contributed by atoms with van der Waals surface area (Å²) in [5.41, 5.74) is 5.85. The highest BCUT2D eigenvalue weighted by molar-refractivity contribution is 6.37. The first-order valence-corrected chi connectivity index (χ1v) is 14.5. The van der Waals surface area contributed by atoms with E-state index in [4.69, 9.17) is 15.2 Å². The molecule has 11 heteroatoms. The number of ketones is 1. The molecule has 0 saturated carbocycles. The summed E-state index contributed by atoms with van der Waals surface area (Å²) in [6.07, 6.45) is 4.84. The lowest BCUT2D eigenvalue weighted by atomic mass is 9.99. The molecule has 1 fully saturated rings. The molecular weight excluding hydrogens is 528 g/mol. The van der Waals surface area contributed by atoms with Gasteiger partial charge in [-0.1, -0.05) is 45.7 Å². The molecule has 1 aliphatic heterocycles. The van der Waals surface area contributed by atoms with Crippen LogP contribution in [0.15, 0.2) is 24.3 Å². The number of methoxy groups -OCH3 is 1. The van der Waals surface area contributed by atoms with Crippen molar-refractivity contribution in [2.45, 2.75) is 97.2 Å². The molecule has 1 aromatic rings. The monoisotopic (exact) mass is 576 g/mol. The van der Waals surface area contributed by atoms with Gasteiger partial charge in [-0.15, -0.1) is 0 Å². The Hall–Kier alpha value is -3.47. The predicted molar refractivity (Wildman–Crippen MR) is 156 cm³/mol. The minimum atomic E-state index is -1.11. The number of piperidine rings is 1. The molecule has 3 unspecified atom stereocenters. The number of amides is 4. The van der Waals surface area contributed by atoms with Crippen LogP contribution in [0.5, 0.6) is 5.75 Å². The average Bonchev–Trinajstić information content (AvgIpc) is 2.95. The largest absolute Gasteiger partial charge is 0.493 e. The molecule has 1 saturated heterocycles. The highest BCUT2D eigenvalue weighted by Gasteiger charge is 2.34. The van der Waals surface area contributed by atoms with Crippen molar-refractivity contribution in [3.05, 3.63) is 29.8 Å². The molecule has 0 aromatic heterocycles. The minimum Gasteiger partial charge on any atom is -0.493 e. The summed E-state index contributed by atoms with van der Waals surface area (Å²) in [7, 11) is 1.65. The van der Waals surface area contributed by atoms with Gasteiger partial charge in [0.25, 0.3) is 5.91 Å². The lowest BCUT2D eigenvalue weighted by Gasteiger charge is -2.35. The van der Waals surface area contributed by atoms with Gasteiger partial charge in [0, 0.05) is 20.1 Å². The van der Waals surface area contributed by atoms with Gasteiger partial charge in [0.15, 0.2) is 0 Å². The molecule has 1 heterocycles. The second kappa shape index (κ2) is 19.6. The van der Waals surface area contributed by atoms with E-state index in [-0.39, 0.29) is 31.4 Å². The SMILES string of the molecule is CCC.CCCC(NC(=O)C1CCCCN1C(=O)CNC(=O)Cc1cccc(OCCC(C)OC)c1)C(=O)C(N)=O. The molecule has 3 atom stereocenters. The topological polar surface area (TPSA) is 157 Å². The molecule has 0 radical (unpaired) electrons. The van der Waals surface area contributed by atoms with Gasteiger partial charge in [-0.3, -0.25) is 24.0 Å². The molecular formula is C30H48N4O7. The highest BCUT2D eigenvalue weighted by atomic mass is 16.5. The number of nitrogens with zero attached hydrogens (tertiary/aromatic N) is 1. The van der Waals surface area contributed by atoms with Crippen LogP contribution in [0.4, 0.5) is 0 Å². The number of rotatable bonds is 15. The number of likely N-dealkylation sites (tertiary alicyclic amines) is 1. The van der Waals surface area contributed by atoms with Crippen LogP contribution in [0.3, 0.4) is 0 Å². The standard InChI is InChI=1S/C27H40N4O7.C3H8/c1-4-8-21(25(34)26(28)35)30-27(36)22-11-5-6-13-31(22)24(33)17-29-23(32)16-19-9-7-10-20(15-19)38-14-12-18(2)37-3;1-3-2/h7,9-10,15,18,21-22H,4-6,8,11-14,16-17H2,1-3H3,(H2,28,35)(H,29,32)(H,30,36);3H2,1-2H3. The Morgan fingerprint density at radius 1 is 1.10 bits per heavy atom. The molecule has 2 rings (SSSR count). The summed E-state index contributed by atoms with van der Waals surface area (Å²) in [5, 5.41) is 5.22. The highest BCUT2D eigenvalue weighted by Crippen LogP contribution is 2.18. The summed E-state index contributed by atoms with van der Waals surface area (Å²) < 4.78 is 10.9. The zero-order valence-corrected chi connectivity index (χ0v) is 25.2. The molecule has 4 N–H and O–H groups in total. The first-order valence-electron chi connectivity index (χ1n) is 14.5. The Kier molecular flexibility index (Phi) is 17.0. The second-order valence-electron chi connectivity index (χ2n) is 10.2. The summed E-state index contributed by atoms with van der Waals surface area (Å²) in [6.45, 7) is 8.61. The number of nitrogens with one attached hydrogen (secondary N) is 2. The van der Waals surface area contributed by atoms with E-state index in [0.29, 0.717) is 31.7 Å². The van der Waals surface area contributed by atoms with E-state index in [1.165, 1.54) is 11.3 Å². The van der Waals surface area contributed by atoms with E-state index in [1.54, 1.807) is 25.3 Å². The zero-order chi connectivity index (χ0) is 30.8. The molecule has 4 amide bonds. The smallest absolute Gasteiger partial charge is 0.287 e. The first kappa shape index (κ1) is 35.6. The summed E-state index contributed by atoms with van der Waals surface area (Å²) in [5.74, 6) is -2.56. The quantitative estimate of drug-likeness (QED) is 0.270. The van der Waals surface area contributed by atoms with Crippen LogP contribution < -0.4 is 21.1 Å². The number of hydrogen-bond donors (Lipinski definition) is 3. The van der Waals surface area contributed by atoms with Crippen LogP contribution in [0.2, 0.25) is 0 Å². The summed E-state index contributed by atoms with van der Waals surface area (Å²) >= 11 is 0. The van der Waals surface area contributed by atoms with Gasteiger partial charge in [-0.05, 0) is 50.3 Å². The fourth-order valence-electron chi connectivity index (χ4n) is 4.23. The normalized spacial score (nSPS) is 15.9. The Labute approximate surface area is 243 Å². The molecule has 1 aliphatic rings. The van der Waals surface area contributed by atoms with Gasteiger partial charge >= 0.3 is 0 Å². The third-order valence-electron chi connectivity index (χ3n) is 6.47. The van der Waals surface area contributed by atoms with Crippen LogP contribution in [0, 0.1) is 0 Å². The number of carbonyl (C=O) groups excluding carboxylic acids is 5. The van der Waals surface area contributed by atoms with Crippen LogP contribution in [0.1, 0.15) is 78.2 Å². The van der Waals surface area contributed by atoms with Crippen molar-refractivity contribution >= 4 is 29.4 Å². The Morgan fingerprint density at radius 3 is 2.44 bits per heavy atom. The van der Waals surface area contributed by atoms with Crippen molar-refractivity contribution in [3.8, 4) is 5.75 Å². The number of carbonyl (C=O) groups is 5. The lowest BCUT2D eigenvalue weighted by molar-refractivity contribution is -0.144. The van der Waals surface area contributed by atoms with Gasteiger partial charge in [0.05, 0.1) is 31.7 Å². The fourth-order valence-corrected chi connectivity index (χ4v) is 4.23. The zero-order valence-electron chi connectivity index (χ0n) is 25.2. The van der Waals surface area contributed by atoms with Gasteiger partial charge in [-0.2, -0.15) is 0 Å². The molecule has 1 aromatic carbocycles. The second-order valence-corrected chi connectivity index (χ2v) is 10.2. The average molecular weight is 577 g/mol. The number of hydrogen-bond acceptors (Lipinski definition) is 7. The lowest BCUT2D eigenvalue weighted by Crippen LogP contribution is -2.57. The maximum atomic E-state index is 13.0. The van der Waals surface area contributed by atoms with Crippen molar-refractivity contribution in [1.82, 2.24) is 15.5 Å². The van der Waals surface area contributed by atoms with Crippen LogP contribution in [0.25, 0.3) is 0 Å². The Morgan fingerprint density at radius 2 is 1.80 bits per heavy atom. The van der Waals surface area contributed by atoms with Crippen molar-refractivity contribution in [3.63, 3.8) is 0 Å².